The van der Waals surface area contributed by atoms with Crippen molar-refractivity contribution in [1.82, 2.24) is 5.32 Å². The number of nitrogens with one attached hydrogen (secondary N) is 1. The van der Waals surface area contributed by atoms with Crippen LogP contribution in [0.3, 0.4) is 0 Å². The van der Waals surface area contributed by atoms with Crippen molar-refractivity contribution < 1.29 is 4.79 Å². The smallest absolute Gasteiger partial charge is 0.223 e. The summed E-state index contributed by atoms with van der Waals surface area (Å²) in [6, 6.07) is 0. The van der Waals surface area contributed by atoms with Crippen LogP contribution in [0.2, 0.25) is 0 Å². The van der Waals surface area contributed by atoms with E-state index in [1.165, 1.54) is 0 Å². The minimum absolute atomic E-state index is 0.172. The third kappa shape index (κ3) is 1.78. The largest absolute Gasteiger partial charge is 0.369 e. The van der Waals surface area contributed by atoms with Gasteiger partial charge in [-0.2, -0.15) is 0 Å². The topological polar surface area (TPSA) is 55.1 Å². The molecule has 0 spiro atoms. The Morgan fingerprint density at radius 3 is 2.33 bits per heavy atom. The highest BCUT2D eigenvalue weighted by atomic mass is 16.1. The van der Waals surface area contributed by atoms with Gasteiger partial charge in [0, 0.05) is 5.41 Å². The third-order valence-electron chi connectivity index (χ3n) is 2.99. The predicted octanol–water partition coefficient (Wildman–Crippen LogP) is 0.497. The summed E-state index contributed by atoms with van der Waals surface area (Å²) in [6.07, 6.45) is 2.13. The second kappa shape index (κ2) is 3.44. The summed E-state index contributed by atoms with van der Waals surface area (Å²) < 4.78 is 0. The average Bonchev–Trinajstić information content (AvgIpc) is 2.06. The minimum Gasteiger partial charge on any atom is -0.369 e. The van der Waals surface area contributed by atoms with Crippen LogP contribution in [0.15, 0.2) is 0 Å². The number of amides is 1. The van der Waals surface area contributed by atoms with Crippen LogP contribution >= 0.6 is 0 Å². The fraction of sp³-hybridized carbons (Fsp3) is 0.889. The van der Waals surface area contributed by atoms with Crippen molar-refractivity contribution in [2.75, 3.05) is 13.1 Å². The molecule has 0 atom stereocenters. The maximum atomic E-state index is 11.1. The standard InChI is InChI=1S/C9H18N2O/c1-9(2,8(10)12)7-3-5-11-6-4-7/h7,11H,3-6H2,1-2H3,(H2,10,12). The summed E-state index contributed by atoms with van der Waals surface area (Å²) in [7, 11) is 0. The van der Waals surface area contributed by atoms with Crippen molar-refractivity contribution in [2.24, 2.45) is 17.1 Å². The third-order valence-corrected chi connectivity index (χ3v) is 2.99. The number of piperidine rings is 1. The Balaban J connectivity index is 2.59. The van der Waals surface area contributed by atoms with Gasteiger partial charge in [0.25, 0.3) is 0 Å². The molecule has 1 aliphatic rings. The summed E-state index contributed by atoms with van der Waals surface area (Å²) in [5, 5.41) is 3.27. The maximum Gasteiger partial charge on any atom is 0.223 e. The van der Waals surface area contributed by atoms with E-state index in [0.717, 1.165) is 25.9 Å². The van der Waals surface area contributed by atoms with Crippen LogP contribution in [0.25, 0.3) is 0 Å². The van der Waals surface area contributed by atoms with E-state index in [1.807, 2.05) is 13.8 Å². The highest BCUT2D eigenvalue weighted by Crippen LogP contribution is 2.32. The van der Waals surface area contributed by atoms with Gasteiger partial charge in [0.15, 0.2) is 0 Å². The van der Waals surface area contributed by atoms with Gasteiger partial charge in [-0.3, -0.25) is 4.79 Å². The first kappa shape index (κ1) is 9.52. The summed E-state index contributed by atoms with van der Waals surface area (Å²) >= 11 is 0. The van der Waals surface area contributed by atoms with E-state index >= 15 is 0 Å². The van der Waals surface area contributed by atoms with E-state index < -0.39 is 0 Å². The van der Waals surface area contributed by atoms with Crippen molar-refractivity contribution in [2.45, 2.75) is 26.7 Å². The van der Waals surface area contributed by atoms with Crippen molar-refractivity contribution in [1.29, 1.82) is 0 Å². The molecule has 1 aliphatic heterocycles. The molecule has 0 aliphatic carbocycles. The summed E-state index contributed by atoms with van der Waals surface area (Å²) in [5.41, 5.74) is 5.01. The molecule has 3 nitrogen and oxygen atoms in total. The first-order chi connectivity index (χ1) is 5.55. The molecule has 0 aromatic heterocycles. The number of rotatable bonds is 2. The molecule has 1 amide bonds. The Labute approximate surface area is 73.7 Å². The van der Waals surface area contributed by atoms with Crippen LogP contribution in [0, 0.1) is 11.3 Å². The Hall–Kier alpha value is -0.570. The lowest BCUT2D eigenvalue weighted by Gasteiger charge is -2.34. The van der Waals surface area contributed by atoms with Crippen LogP contribution in [0.5, 0.6) is 0 Å². The molecule has 0 saturated carbocycles. The second-order valence-corrected chi connectivity index (χ2v) is 4.11. The summed E-state index contributed by atoms with van der Waals surface area (Å²) in [5.74, 6) is 0.283. The number of hydrogen-bond acceptors (Lipinski definition) is 2. The van der Waals surface area contributed by atoms with E-state index in [0.29, 0.717) is 5.92 Å². The van der Waals surface area contributed by atoms with Gasteiger partial charge in [0.1, 0.15) is 0 Å². The van der Waals surface area contributed by atoms with Crippen LogP contribution in [0.4, 0.5) is 0 Å². The summed E-state index contributed by atoms with van der Waals surface area (Å²) in [6.45, 7) is 5.93. The molecule has 0 radical (unpaired) electrons. The lowest BCUT2D eigenvalue weighted by molar-refractivity contribution is -0.129. The fourth-order valence-electron chi connectivity index (χ4n) is 1.74. The fourth-order valence-corrected chi connectivity index (χ4v) is 1.74. The number of hydrogen-bond donors (Lipinski definition) is 2. The zero-order valence-corrected chi connectivity index (χ0v) is 7.89. The molecular weight excluding hydrogens is 152 g/mol. The van der Waals surface area contributed by atoms with Crippen LogP contribution in [-0.4, -0.2) is 19.0 Å². The van der Waals surface area contributed by atoms with Crippen molar-refractivity contribution in [3.8, 4) is 0 Å². The Kier molecular flexibility index (Phi) is 2.73. The highest BCUT2D eigenvalue weighted by molar-refractivity contribution is 5.80. The average molecular weight is 170 g/mol. The second-order valence-electron chi connectivity index (χ2n) is 4.11. The van der Waals surface area contributed by atoms with Crippen LogP contribution < -0.4 is 11.1 Å². The molecule has 12 heavy (non-hydrogen) atoms. The predicted molar refractivity (Wildman–Crippen MR) is 48.6 cm³/mol. The SMILES string of the molecule is CC(C)(C(N)=O)C1CCNCC1. The van der Waals surface area contributed by atoms with Gasteiger partial charge < -0.3 is 11.1 Å². The van der Waals surface area contributed by atoms with Crippen molar-refractivity contribution in [3.05, 3.63) is 0 Å². The molecule has 3 N–H and O–H groups in total. The first-order valence-electron chi connectivity index (χ1n) is 4.56. The highest BCUT2D eigenvalue weighted by Gasteiger charge is 2.35. The van der Waals surface area contributed by atoms with E-state index in [9.17, 15) is 4.79 Å². The van der Waals surface area contributed by atoms with Crippen molar-refractivity contribution >= 4 is 5.91 Å². The number of nitrogens with two attached hydrogens (primary N) is 1. The molecular formula is C9H18N2O. The van der Waals surface area contributed by atoms with E-state index in [2.05, 4.69) is 5.32 Å². The molecule has 3 heteroatoms. The maximum absolute atomic E-state index is 11.1. The number of carbonyl (C=O) groups excluding carboxylic acids is 1. The molecule has 1 rings (SSSR count). The first-order valence-corrected chi connectivity index (χ1v) is 4.56. The molecule has 0 aromatic rings. The molecule has 1 saturated heterocycles. The lowest BCUT2D eigenvalue weighted by Crippen LogP contribution is -2.43. The zero-order chi connectivity index (χ0) is 9.19. The Bertz CT molecular complexity index is 171. The van der Waals surface area contributed by atoms with Gasteiger partial charge in [-0.05, 0) is 31.8 Å². The molecule has 1 fully saturated rings. The van der Waals surface area contributed by atoms with Gasteiger partial charge in [-0.15, -0.1) is 0 Å². The van der Waals surface area contributed by atoms with Gasteiger partial charge >= 0.3 is 0 Å². The Morgan fingerprint density at radius 1 is 1.42 bits per heavy atom. The quantitative estimate of drug-likeness (QED) is 0.634. The van der Waals surface area contributed by atoms with Crippen molar-refractivity contribution in [3.63, 3.8) is 0 Å². The molecule has 0 aromatic carbocycles. The lowest BCUT2D eigenvalue weighted by atomic mass is 9.73. The minimum atomic E-state index is -0.331. The normalized spacial score (nSPS) is 20.8. The van der Waals surface area contributed by atoms with Gasteiger partial charge in [-0.1, -0.05) is 13.8 Å². The van der Waals surface area contributed by atoms with Gasteiger partial charge in [0.05, 0.1) is 0 Å². The Morgan fingerprint density at radius 2 is 1.92 bits per heavy atom. The molecule has 0 bridgehead atoms. The van der Waals surface area contributed by atoms with E-state index in [4.69, 9.17) is 5.73 Å². The van der Waals surface area contributed by atoms with E-state index in [1.54, 1.807) is 0 Å². The van der Waals surface area contributed by atoms with Crippen LogP contribution in [0.1, 0.15) is 26.7 Å². The van der Waals surface area contributed by atoms with Gasteiger partial charge in [0.2, 0.25) is 5.91 Å². The summed E-state index contributed by atoms with van der Waals surface area (Å²) in [4.78, 5) is 11.1. The number of carbonyl (C=O) groups is 1. The zero-order valence-electron chi connectivity index (χ0n) is 7.89. The van der Waals surface area contributed by atoms with E-state index in [-0.39, 0.29) is 11.3 Å². The molecule has 0 unspecified atom stereocenters. The number of primary amides is 1. The molecule has 70 valence electrons. The van der Waals surface area contributed by atoms with Gasteiger partial charge in [-0.25, -0.2) is 0 Å². The van der Waals surface area contributed by atoms with Crippen LogP contribution in [-0.2, 0) is 4.79 Å². The monoisotopic (exact) mass is 170 g/mol. The molecule has 1 heterocycles.